The molecule has 150 valence electrons. The molecule has 4 heterocycles. The normalized spacial score (nSPS) is 25.8. The van der Waals surface area contributed by atoms with Crippen molar-refractivity contribution in [1.29, 1.82) is 0 Å². The first-order chi connectivity index (χ1) is 14.3. The summed E-state index contributed by atoms with van der Waals surface area (Å²) in [5.74, 6) is 1.05. The number of nitrogens with one attached hydrogen (secondary N) is 2. The first-order valence-corrected chi connectivity index (χ1v) is 9.61. The summed E-state index contributed by atoms with van der Waals surface area (Å²) in [5, 5.41) is 6.75. The van der Waals surface area contributed by atoms with Gasteiger partial charge < -0.3 is 24.5 Å². The number of hydrogen-bond acceptors (Lipinski definition) is 7. The van der Waals surface area contributed by atoms with Gasteiger partial charge in [0.1, 0.15) is 23.8 Å². The summed E-state index contributed by atoms with van der Waals surface area (Å²) in [6.45, 7) is 1.70. The van der Waals surface area contributed by atoms with Crippen molar-refractivity contribution in [3.05, 3.63) is 66.5 Å². The minimum atomic E-state index is -0.296. The Kier molecular flexibility index (Phi) is 4.97. The molecule has 0 amide bonds. The number of hydrogen-bond donors (Lipinski definition) is 2. The van der Waals surface area contributed by atoms with Gasteiger partial charge in [-0.15, -0.1) is 0 Å². The summed E-state index contributed by atoms with van der Waals surface area (Å²) in [6.07, 6.45) is 3.18. The highest BCUT2D eigenvalue weighted by Crippen LogP contribution is 2.29. The fourth-order valence-corrected chi connectivity index (χ4v) is 3.85. The van der Waals surface area contributed by atoms with Gasteiger partial charge in [0.15, 0.2) is 0 Å². The van der Waals surface area contributed by atoms with Gasteiger partial charge >= 0.3 is 0 Å². The van der Waals surface area contributed by atoms with Crippen LogP contribution in [-0.4, -0.2) is 47.5 Å². The molecule has 0 radical (unpaired) electrons. The maximum absolute atomic E-state index is 13.5. The average molecular weight is 396 g/mol. The third kappa shape index (κ3) is 3.87. The van der Waals surface area contributed by atoms with Crippen LogP contribution in [0.25, 0.3) is 11.3 Å². The van der Waals surface area contributed by atoms with Crippen molar-refractivity contribution in [2.24, 2.45) is 0 Å². The third-order valence-electron chi connectivity index (χ3n) is 5.26. The summed E-state index contributed by atoms with van der Waals surface area (Å²) >= 11 is 0. The van der Waals surface area contributed by atoms with Crippen LogP contribution in [0.1, 0.15) is 5.76 Å². The molecule has 2 aromatic heterocycles. The topological polar surface area (TPSA) is 81.4 Å². The molecule has 1 aromatic carbocycles. The lowest BCUT2D eigenvalue weighted by atomic mass is 10.1. The Labute approximate surface area is 167 Å². The predicted octanol–water partition coefficient (Wildman–Crippen LogP) is 2.61. The molecule has 2 aliphatic rings. The minimum Gasteiger partial charge on any atom is -0.468 e. The number of benzene rings is 1. The zero-order valence-corrected chi connectivity index (χ0v) is 15.6. The number of rotatable bonds is 6. The standard InChI is InChI=1S/C21H21FN4O3/c22-14-4-1-3-13(9-14)16-6-7-23-21(25-16)26-18-12-29-19-17(11-28-20(18)19)24-10-15-5-2-8-27-15/h1-9,17-20,24H,10-12H2,(H,23,25,26)/t17-,18+,19-,20+/m0/s1. The van der Waals surface area contributed by atoms with Crippen molar-refractivity contribution in [3.63, 3.8) is 0 Å². The molecule has 3 aromatic rings. The average Bonchev–Trinajstić information content (AvgIpc) is 3.46. The molecule has 0 saturated carbocycles. The van der Waals surface area contributed by atoms with Gasteiger partial charge in [0.25, 0.3) is 0 Å². The lowest BCUT2D eigenvalue weighted by Gasteiger charge is -2.18. The number of fused-ring (bicyclic) bond motifs is 1. The minimum absolute atomic E-state index is 0.0473. The van der Waals surface area contributed by atoms with Crippen LogP contribution in [0.5, 0.6) is 0 Å². The molecular formula is C21H21FN4O3. The van der Waals surface area contributed by atoms with Crippen LogP contribution < -0.4 is 10.6 Å². The van der Waals surface area contributed by atoms with Gasteiger partial charge in [-0.3, -0.25) is 0 Å². The molecule has 0 unspecified atom stereocenters. The van der Waals surface area contributed by atoms with E-state index in [4.69, 9.17) is 13.9 Å². The van der Waals surface area contributed by atoms with Gasteiger partial charge in [-0.1, -0.05) is 12.1 Å². The van der Waals surface area contributed by atoms with Crippen LogP contribution in [0, 0.1) is 5.82 Å². The Morgan fingerprint density at radius 2 is 1.90 bits per heavy atom. The monoisotopic (exact) mass is 396 g/mol. The molecule has 4 atom stereocenters. The molecule has 0 bridgehead atoms. The largest absolute Gasteiger partial charge is 0.468 e. The zero-order valence-electron chi connectivity index (χ0n) is 15.6. The Balaban J connectivity index is 1.24. The fraction of sp³-hybridized carbons (Fsp3) is 0.333. The van der Waals surface area contributed by atoms with E-state index in [2.05, 4.69) is 20.6 Å². The third-order valence-corrected chi connectivity index (χ3v) is 5.26. The van der Waals surface area contributed by atoms with E-state index in [1.807, 2.05) is 18.2 Å². The summed E-state index contributed by atoms with van der Waals surface area (Å²) in [5.41, 5.74) is 1.36. The Morgan fingerprint density at radius 3 is 2.72 bits per heavy atom. The highest BCUT2D eigenvalue weighted by molar-refractivity contribution is 5.60. The van der Waals surface area contributed by atoms with Crippen LogP contribution in [0.15, 0.2) is 59.3 Å². The van der Waals surface area contributed by atoms with Gasteiger partial charge in [-0.25, -0.2) is 14.4 Å². The van der Waals surface area contributed by atoms with Gasteiger partial charge in [0.2, 0.25) is 5.95 Å². The zero-order chi connectivity index (χ0) is 19.6. The van der Waals surface area contributed by atoms with Gasteiger partial charge in [-0.05, 0) is 30.3 Å². The molecular weight excluding hydrogens is 375 g/mol. The quantitative estimate of drug-likeness (QED) is 0.663. The van der Waals surface area contributed by atoms with Gasteiger partial charge in [-0.2, -0.15) is 0 Å². The molecule has 2 N–H and O–H groups in total. The Morgan fingerprint density at radius 1 is 1.03 bits per heavy atom. The molecule has 2 fully saturated rings. The van der Waals surface area contributed by atoms with E-state index < -0.39 is 0 Å². The van der Waals surface area contributed by atoms with E-state index in [9.17, 15) is 4.39 Å². The summed E-state index contributed by atoms with van der Waals surface area (Å²) in [4.78, 5) is 8.82. The first kappa shape index (κ1) is 18.2. The van der Waals surface area contributed by atoms with Gasteiger partial charge in [0.05, 0.1) is 43.8 Å². The summed E-state index contributed by atoms with van der Waals surface area (Å²) < 4.78 is 30.9. The van der Waals surface area contributed by atoms with Gasteiger partial charge in [0, 0.05) is 11.8 Å². The maximum Gasteiger partial charge on any atom is 0.223 e. The van der Waals surface area contributed by atoms with Crippen molar-refractivity contribution < 1.29 is 18.3 Å². The molecule has 0 aliphatic carbocycles. The van der Waals surface area contributed by atoms with Crippen molar-refractivity contribution in [1.82, 2.24) is 15.3 Å². The van der Waals surface area contributed by atoms with Crippen molar-refractivity contribution in [2.75, 3.05) is 18.5 Å². The van der Waals surface area contributed by atoms with Crippen LogP contribution in [0.2, 0.25) is 0 Å². The van der Waals surface area contributed by atoms with E-state index in [1.54, 1.807) is 24.6 Å². The smallest absolute Gasteiger partial charge is 0.223 e. The van der Waals surface area contributed by atoms with Crippen LogP contribution in [-0.2, 0) is 16.0 Å². The SMILES string of the molecule is Fc1cccc(-c2ccnc(N[C@@H]3CO[C@@H]4[C@@H]3OC[C@@H]4NCc3ccco3)n2)c1. The maximum atomic E-state index is 13.5. The first-order valence-electron chi connectivity index (χ1n) is 9.61. The molecule has 29 heavy (non-hydrogen) atoms. The number of furan rings is 1. The molecule has 2 aliphatic heterocycles. The van der Waals surface area contributed by atoms with E-state index in [0.29, 0.717) is 37.0 Å². The van der Waals surface area contributed by atoms with E-state index in [-0.39, 0.29) is 30.1 Å². The van der Waals surface area contributed by atoms with E-state index in [1.165, 1.54) is 12.1 Å². The van der Waals surface area contributed by atoms with Crippen LogP contribution in [0.3, 0.4) is 0 Å². The summed E-state index contributed by atoms with van der Waals surface area (Å²) in [6, 6.07) is 11.9. The molecule has 5 rings (SSSR count). The van der Waals surface area contributed by atoms with Crippen molar-refractivity contribution in [2.45, 2.75) is 30.8 Å². The van der Waals surface area contributed by atoms with E-state index >= 15 is 0 Å². The molecule has 8 heteroatoms. The van der Waals surface area contributed by atoms with Crippen molar-refractivity contribution in [3.8, 4) is 11.3 Å². The number of halogens is 1. The lowest BCUT2D eigenvalue weighted by Crippen LogP contribution is -2.41. The fourth-order valence-electron chi connectivity index (χ4n) is 3.85. The molecule has 7 nitrogen and oxygen atoms in total. The summed E-state index contributed by atoms with van der Waals surface area (Å²) in [7, 11) is 0. The van der Waals surface area contributed by atoms with Crippen LogP contribution in [0.4, 0.5) is 10.3 Å². The second kappa shape index (κ2) is 7.90. The Hall–Kier alpha value is -2.81. The highest BCUT2D eigenvalue weighted by atomic mass is 19.1. The Bertz CT molecular complexity index is 968. The number of aromatic nitrogens is 2. The lowest BCUT2D eigenvalue weighted by molar-refractivity contribution is 0.0673. The van der Waals surface area contributed by atoms with E-state index in [0.717, 1.165) is 5.76 Å². The number of ether oxygens (including phenoxy) is 2. The van der Waals surface area contributed by atoms with Crippen LogP contribution >= 0.6 is 0 Å². The predicted molar refractivity (Wildman–Crippen MR) is 104 cm³/mol. The molecule has 0 spiro atoms. The second-order valence-corrected chi connectivity index (χ2v) is 7.19. The highest BCUT2D eigenvalue weighted by Gasteiger charge is 2.47. The number of nitrogens with zero attached hydrogens (tertiary/aromatic N) is 2. The molecule has 2 saturated heterocycles. The van der Waals surface area contributed by atoms with Crippen molar-refractivity contribution >= 4 is 5.95 Å². The second-order valence-electron chi connectivity index (χ2n) is 7.19. The number of anilines is 1.